The molecule has 0 aliphatic heterocycles. The molecule has 6 nitrogen and oxygen atoms in total. The molecule has 0 fully saturated rings. The molecular formula is C74H134O6. The van der Waals surface area contributed by atoms with Gasteiger partial charge in [-0.2, -0.15) is 0 Å². The molecule has 0 spiro atoms. The zero-order valence-electron chi connectivity index (χ0n) is 53.6. The molecule has 1 atom stereocenters. The Morgan fingerprint density at radius 3 is 0.775 bits per heavy atom. The van der Waals surface area contributed by atoms with Crippen LogP contribution in [0.2, 0.25) is 0 Å². The maximum absolute atomic E-state index is 13.0. The third-order valence-corrected chi connectivity index (χ3v) is 15.8. The van der Waals surface area contributed by atoms with Gasteiger partial charge < -0.3 is 14.2 Å². The van der Waals surface area contributed by atoms with E-state index in [1.807, 2.05) is 0 Å². The minimum atomic E-state index is -0.782. The fraction of sp³-hybridized carbons (Fsp3) is 0.824. The second-order valence-corrected chi connectivity index (χ2v) is 23.8. The number of ether oxygens (including phenoxy) is 3. The van der Waals surface area contributed by atoms with Crippen molar-refractivity contribution in [2.24, 2.45) is 0 Å². The van der Waals surface area contributed by atoms with Gasteiger partial charge in [-0.05, 0) is 83.5 Å². The van der Waals surface area contributed by atoms with Crippen molar-refractivity contribution < 1.29 is 28.6 Å². The van der Waals surface area contributed by atoms with Gasteiger partial charge in [-0.1, -0.05) is 332 Å². The summed E-state index contributed by atoms with van der Waals surface area (Å²) < 4.78 is 17.0. The molecule has 0 aliphatic carbocycles. The van der Waals surface area contributed by atoms with Crippen LogP contribution in [0.3, 0.4) is 0 Å². The van der Waals surface area contributed by atoms with Crippen molar-refractivity contribution in [1.29, 1.82) is 0 Å². The fourth-order valence-corrected chi connectivity index (χ4v) is 10.5. The predicted octanol–water partition coefficient (Wildman–Crippen LogP) is 24.3. The van der Waals surface area contributed by atoms with Crippen LogP contribution in [0, 0.1) is 0 Å². The summed E-state index contributed by atoms with van der Waals surface area (Å²) in [5.74, 6) is -0.867. The molecular weight excluding hydrogens is 985 g/mol. The number of carbonyl (C=O) groups excluding carboxylic acids is 3. The van der Waals surface area contributed by atoms with E-state index in [0.717, 1.165) is 89.9 Å². The summed E-state index contributed by atoms with van der Waals surface area (Å²) in [5.41, 5.74) is 0. The Balaban J connectivity index is 4.35. The minimum Gasteiger partial charge on any atom is -0.462 e. The third-order valence-electron chi connectivity index (χ3n) is 15.8. The van der Waals surface area contributed by atoms with Crippen LogP contribution < -0.4 is 0 Å². The van der Waals surface area contributed by atoms with E-state index >= 15 is 0 Å². The van der Waals surface area contributed by atoms with Gasteiger partial charge in [0, 0.05) is 19.3 Å². The summed E-state index contributed by atoms with van der Waals surface area (Å²) in [7, 11) is 0. The number of hydrogen-bond acceptors (Lipinski definition) is 6. The van der Waals surface area contributed by atoms with Crippen molar-refractivity contribution in [3.63, 3.8) is 0 Å². The molecule has 0 rings (SSSR count). The number of hydrogen-bond donors (Lipinski definition) is 0. The first-order valence-corrected chi connectivity index (χ1v) is 35.3. The van der Waals surface area contributed by atoms with Crippen LogP contribution in [0.4, 0.5) is 0 Å². The van der Waals surface area contributed by atoms with Gasteiger partial charge in [0.25, 0.3) is 0 Å². The second-order valence-electron chi connectivity index (χ2n) is 23.8. The lowest BCUT2D eigenvalue weighted by molar-refractivity contribution is -0.167. The summed E-state index contributed by atoms with van der Waals surface area (Å²) in [4.78, 5) is 38.5. The molecule has 0 saturated heterocycles. The first-order valence-electron chi connectivity index (χ1n) is 35.3. The molecule has 0 amide bonds. The zero-order valence-corrected chi connectivity index (χ0v) is 53.6. The smallest absolute Gasteiger partial charge is 0.306 e. The van der Waals surface area contributed by atoms with Crippen molar-refractivity contribution in [3.05, 3.63) is 60.8 Å². The summed E-state index contributed by atoms with van der Waals surface area (Å²) in [6.07, 6.45) is 88.1. The number of carbonyl (C=O) groups is 3. The Bertz CT molecular complexity index is 1430. The molecule has 0 aromatic carbocycles. The quantitative estimate of drug-likeness (QED) is 0.0261. The van der Waals surface area contributed by atoms with Gasteiger partial charge >= 0.3 is 17.9 Å². The standard InChI is InChI=1S/C74H134O6/c1-4-7-10-13-16-19-22-25-28-31-34-36-38-40-43-46-49-52-55-58-61-64-67-73(76)79-70-71(69-78-72(75)66-63-60-57-54-51-48-45-42-39-33-30-27-24-21-18-15-12-9-6-3)80-74(77)68-65-62-59-56-53-50-47-44-41-37-35-32-29-26-23-20-17-14-11-8-5-2/h9,12,18,21,27,30,32,35,39,42,71H,4-8,10-11,13-17,19-20,22-26,28-29,31,33-34,36-38,40-41,43-70H2,1-3H3/b12-9-,21-18-,30-27-,35-32-,42-39-. The Labute approximate surface area is 498 Å². The highest BCUT2D eigenvalue weighted by atomic mass is 16.6. The topological polar surface area (TPSA) is 78.9 Å². The van der Waals surface area contributed by atoms with Gasteiger partial charge in [0.05, 0.1) is 0 Å². The minimum absolute atomic E-state index is 0.0757. The highest BCUT2D eigenvalue weighted by Crippen LogP contribution is 2.18. The van der Waals surface area contributed by atoms with Crippen molar-refractivity contribution >= 4 is 17.9 Å². The van der Waals surface area contributed by atoms with E-state index in [-0.39, 0.29) is 31.1 Å². The molecule has 0 aliphatic rings. The SMILES string of the molecule is CC/C=C\C/C=C\C/C=C\C/C=C\CCCCCCCCC(=O)OCC(COC(=O)CCCCCCCCCCCCCCCCCCCCCCCC)OC(=O)CCCCCCCCCCC/C=C\CCCCCCCCCC. The van der Waals surface area contributed by atoms with Crippen molar-refractivity contribution in [1.82, 2.24) is 0 Å². The molecule has 0 bridgehead atoms. The molecule has 6 heteroatoms. The van der Waals surface area contributed by atoms with Crippen LogP contribution >= 0.6 is 0 Å². The largest absolute Gasteiger partial charge is 0.462 e. The number of esters is 3. The van der Waals surface area contributed by atoms with Crippen molar-refractivity contribution in [2.75, 3.05) is 13.2 Å². The molecule has 0 saturated carbocycles. The maximum Gasteiger partial charge on any atom is 0.306 e. The van der Waals surface area contributed by atoms with Crippen LogP contribution in [0.5, 0.6) is 0 Å². The Kier molecular flexibility index (Phi) is 66.1. The average Bonchev–Trinajstić information content (AvgIpc) is 3.46. The van der Waals surface area contributed by atoms with E-state index in [1.54, 1.807) is 0 Å². The molecule has 0 N–H and O–H groups in total. The van der Waals surface area contributed by atoms with Gasteiger partial charge in [-0.25, -0.2) is 0 Å². The third kappa shape index (κ3) is 65.9. The Hall–Kier alpha value is -2.89. The fourth-order valence-electron chi connectivity index (χ4n) is 10.5. The zero-order chi connectivity index (χ0) is 57.8. The highest BCUT2D eigenvalue weighted by molar-refractivity contribution is 5.71. The van der Waals surface area contributed by atoms with Crippen LogP contribution in [0.15, 0.2) is 60.8 Å². The first kappa shape index (κ1) is 77.1. The lowest BCUT2D eigenvalue weighted by Crippen LogP contribution is -2.30. The summed E-state index contributed by atoms with van der Waals surface area (Å²) in [5, 5.41) is 0. The van der Waals surface area contributed by atoms with Gasteiger partial charge in [-0.15, -0.1) is 0 Å². The lowest BCUT2D eigenvalue weighted by Gasteiger charge is -2.18. The van der Waals surface area contributed by atoms with Crippen molar-refractivity contribution in [3.8, 4) is 0 Å². The number of rotatable bonds is 65. The molecule has 466 valence electrons. The summed E-state index contributed by atoms with van der Waals surface area (Å²) in [6, 6.07) is 0. The van der Waals surface area contributed by atoms with E-state index in [0.29, 0.717) is 19.3 Å². The second kappa shape index (κ2) is 68.6. The van der Waals surface area contributed by atoms with Gasteiger partial charge in [0.1, 0.15) is 13.2 Å². The number of allylic oxidation sites excluding steroid dienone is 10. The summed E-state index contributed by atoms with van der Waals surface area (Å²) in [6.45, 7) is 6.58. The molecule has 0 radical (unpaired) electrons. The maximum atomic E-state index is 13.0. The molecule has 80 heavy (non-hydrogen) atoms. The van der Waals surface area contributed by atoms with Gasteiger partial charge in [0.15, 0.2) is 6.10 Å². The Morgan fingerprint density at radius 2 is 0.487 bits per heavy atom. The Morgan fingerprint density at radius 1 is 0.263 bits per heavy atom. The monoisotopic (exact) mass is 1120 g/mol. The van der Waals surface area contributed by atoms with Gasteiger partial charge in [-0.3, -0.25) is 14.4 Å². The highest BCUT2D eigenvalue weighted by Gasteiger charge is 2.19. The summed E-state index contributed by atoms with van der Waals surface area (Å²) >= 11 is 0. The van der Waals surface area contributed by atoms with Crippen LogP contribution in [0.1, 0.15) is 374 Å². The lowest BCUT2D eigenvalue weighted by atomic mass is 10.0. The van der Waals surface area contributed by atoms with E-state index in [2.05, 4.69) is 81.5 Å². The predicted molar refractivity (Wildman–Crippen MR) is 348 cm³/mol. The normalized spacial score (nSPS) is 12.4. The molecule has 0 aromatic heterocycles. The van der Waals surface area contributed by atoms with Gasteiger partial charge in [0.2, 0.25) is 0 Å². The number of unbranched alkanes of at least 4 members (excludes halogenated alkanes) is 44. The van der Waals surface area contributed by atoms with Crippen LogP contribution in [0.25, 0.3) is 0 Å². The van der Waals surface area contributed by atoms with E-state index in [9.17, 15) is 14.4 Å². The molecule has 1 unspecified atom stereocenters. The average molecular weight is 1120 g/mol. The van der Waals surface area contributed by atoms with E-state index < -0.39 is 6.10 Å². The van der Waals surface area contributed by atoms with E-state index in [1.165, 1.54) is 244 Å². The molecule has 0 aromatic rings. The molecule has 0 heterocycles. The van der Waals surface area contributed by atoms with Crippen LogP contribution in [-0.4, -0.2) is 37.2 Å². The van der Waals surface area contributed by atoms with Crippen LogP contribution in [-0.2, 0) is 28.6 Å². The van der Waals surface area contributed by atoms with E-state index in [4.69, 9.17) is 14.2 Å². The first-order chi connectivity index (χ1) is 39.5. The van der Waals surface area contributed by atoms with Crippen molar-refractivity contribution in [2.45, 2.75) is 380 Å².